The van der Waals surface area contributed by atoms with E-state index in [0.717, 1.165) is 0 Å². The third kappa shape index (κ3) is 3.57. The number of benzene rings is 1. The van der Waals surface area contributed by atoms with Gasteiger partial charge in [0.25, 0.3) is 0 Å². The summed E-state index contributed by atoms with van der Waals surface area (Å²) in [5.74, 6) is 2.38. The summed E-state index contributed by atoms with van der Waals surface area (Å²) in [5.41, 5.74) is 8.96. The van der Waals surface area contributed by atoms with E-state index in [9.17, 15) is 0 Å². The average Bonchev–Trinajstić information content (AvgIpc) is 2.98. The number of ether oxygens (including phenoxy) is 4. The van der Waals surface area contributed by atoms with Gasteiger partial charge in [-0.3, -0.25) is 5.43 Å². The van der Waals surface area contributed by atoms with Crippen LogP contribution in [0, 0.1) is 0 Å². The normalized spacial score (nSPS) is 10.6. The van der Waals surface area contributed by atoms with Gasteiger partial charge in [0.2, 0.25) is 10.9 Å². The lowest BCUT2D eigenvalue weighted by atomic mass is 10.1. The van der Waals surface area contributed by atoms with E-state index in [2.05, 4.69) is 15.5 Å². The SMILES string of the molecule is COc1cc(OC)c(OC)c(OC)c1C=NNc1nc(N)cs1. The summed E-state index contributed by atoms with van der Waals surface area (Å²) >= 11 is 1.35. The van der Waals surface area contributed by atoms with Crippen LogP contribution in [0.5, 0.6) is 23.0 Å². The number of hydrogen-bond donors (Lipinski definition) is 2. The number of aromatic nitrogens is 1. The highest BCUT2D eigenvalue weighted by Crippen LogP contribution is 2.44. The summed E-state index contributed by atoms with van der Waals surface area (Å²) in [5, 5.41) is 6.43. The van der Waals surface area contributed by atoms with Gasteiger partial charge in [-0.15, -0.1) is 11.3 Å². The van der Waals surface area contributed by atoms with E-state index in [1.54, 1.807) is 31.9 Å². The van der Waals surface area contributed by atoms with Gasteiger partial charge in [0, 0.05) is 11.4 Å². The Labute approximate surface area is 137 Å². The molecular formula is C14H18N4O4S. The number of rotatable bonds is 7. The van der Waals surface area contributed by atoms with Gasteiger partial charge in [-0.1, -0.05) is 0 Å². The molecule has 0 amide bonds. The van der Waals surface area contributed by atoms with Crippen LogP contribution >= 0.6 is 11.3 Å². The van der Waals surface area contributed by atoms with Gasteiger partial charge < -0.3 is 24.7 Å². The van der Waals surface area contributed by atoms with Crippen molar-refractivity contribution in [1.29, 1.82) is 0 Å². The van der Waals surface area contributed by atoms with Crippen LogP contribution in [-0.2, 0) is 0 Å². The number of nitrogens with one attached hydrogen (secondary N) is 1. The van der Waals surface area contributed by atoms with Crippen LogP contribution in [0.4, 0.5) is 10.9 Å². The Kier molecular flexibility index (Phi) is 5.47. The van der Waals surface area contributed by atoms with Crippen LogP contribution in [0.1, 0.15) is 5.56 Å². The Hall–Kier alpha value is -2.68. The van der Waals surface area contributed by atoms with Crippen molar-refractivity contribution in [2.75, 3.05) is 39.6 Å². The molecule has 23 heavy (non-hydrogen) atoms. The fraction of sp³-hybridized carbons (Fsp3) is 0.286. The molecule has 0 saturated heterocycles. The predicted molar refractivity (Wildman–Crippen MR) is 90.4 cm³/mol. The van der Waals surface area contributed by atoms with Crippen molar-refractivity contribution in [3.63, 3.8) is 0 Å². The van der Waals surface area contributed by atoms with Crippen molar-refractivity contribution < 1.29 is 18.9 Å². The van der Waals surface area contributed by atoms with Gasteiger partial charge in [0.15, 0.2) is 11.5 Å². The number of hydrogen-bond acceptors (Lipinski definition) is 9. The maximum atomic E-state index is 5.56. The highest BCUT2D eigenvalue weighted by molar-refractivity contribution is 7.14. The summed E-state index contributed by atoms with van der Waals surface area (Å²) in [7, 11) is 6.15. The topological polar surface area (TPSA) is 100 Å². The standard InChI is InChI=1S/C14H18N4O4S/c1-19-9-5-10(20-2)13(22-4)12(21-3)8(9)6-16-18-14-17-11(15)7-23-14/h5-7H,15H2,1-4H3,(H,17,18). The third-order valence-electron chi connectivity index (χ3n) is 2.93. The molecule has 1 heterocycles. The zero-order valence-electron chi connectivity index (χ0n) is 13.2. The summed E-state index contributed by atoms with van der Waals surface area (Å²) in [6.45, 7) is 0. The smallest absolute Gasteiger partial charge is 0.205 e. The summed E-state index contributed by atoms with van der Waals surface area (Å²) in [6.07, 6.45) is 1.55. The molecule has 124 valence electrons. The monoisotopic (exact) mass is 338 g/mol. The lowest BCUT2D eigenvalue weighted by Gasteiger charge is -2.16. The first-order valence-electron chi connectivity index (χ1n) is 6.51. The molecule has 8 nitrogen and oxygen atoms in total. The lowest BCUT2D eigenvalue weighted by Crippen LogP contribution is -2.02. The van der Waals surface area contributed by atoms with E-state index >= 15 is 0 Å². The second kappa shape index (κ2) is 7.54. The van der Waals surface area contributed by atoms with Crippen LogP contribution in [0.15, 0.2) is 16.5 Å². The lowest BCUT2D eigenvalue weighted by molar-refractivity contribution is 0.318. The van der Waals surface area contributed by atoms with Crippen molar-refractivity contribution in [3.8, 4) is 23.0 Å². The molecule has 1 aromatic heterocycles. The van der Waals surface area contributed by atoms with Crippen molar-refractivity contribution in [2.24, 2.45) is 5.10 Å². The predicted octanol–water partition coefficient (Wildman–Crippen LogP) is 2.21. The Morgan fingerprint density at radius 3 is 2.30 bits per heavy atom. The maximum Gasteiger partial charge on any atom is 0.205 e. The molecule has 0 saturated carbocycles. The number of methoxy groups -OCH3 is 4. The molecule has 0 radical (unpaired) electrons. The minimum Gasteiger partial charge on any atom is -0.496 e. The molecule has 0 aliphatic rings. The first kappa shape index (κ1) is 16.7. The van der Waals surface area contributed by atoms with Crippen LogP contribution in [0.2, 0.25) is 0 Å². The summed E-state index contributed by atoms with van der Waals surface area (Å²) < 4.78 is 21.4. The molecule has 3 N–H and O–H groups in total. The average molecular weight is 338 g/mol. The molecule has 9 heteroatoms. The Balaban J connectivity index is 2.38. The highest BCUT2D eigenvalue weighted by atomic mass is 32.1. The van der Waals surface area contributed by atoms with E-state index in [1.165, 1.54) is 25.6 Å². The number of nitrogens with zero attached hydrogens (tertiary/aromatic N) is 2. The Morgan fingerprint density at radius 2 is 1.78 bits per heavy atom. The second-order valence-corrected chi connectivity index (χ2v) is 5.07. The molecule has 0 unspecified atom stereocenters. The van der Waals surface area contributed by atoms with Gasteiger partial charge in [-0.05, 0) is 0 Å². The van der Waals surface area contributed by atoms with Crippen molar-refractivity contribution in [1.82, 2.24) is 4.98 Å². The van der Waals surface area contributed by atoms with Gasteiger partial charge in [0.05, 0.1) is 40.2 Å². The summed E-state index contributed by atoms with van der Waals surface area (Å²) in [6, 6.07) is 1.70. The number of nitrogen functional groups attached to an aromatic ring is 1. The van der Waals surface area contributed by atoms with Crippen LogP contribution in [0.3, 0.4) is 0 Å². The minimum absolute atomic E-state index is 0.439. The van der Waals surface area contributed by atoms with Crippen molar-refractivity contribution in [2.45, 2.75) is 0 Å². The molecule has 0 spiro atoms. The zero-order chi connectivity index (χ0) is 16.8. The fourth-order valence-electron chi connectivity index (χ4n) is 1.94. The van der Waals surface area contributed by atoms with Crippen LogP contribution in [-0.4, -0.2) is 39.6 Å². The molecule has 0 atom stereocenters. The quantitative estimate of drug-likeness (QED) is 0.589. The third-order valence-corrected chi connectivity index (χ3v) is 3.69. The summed E-state index contributed by atoms with van der Waals surface area (Å²) in [4.78, 5) is 4.05. The molecule has 0 fully saturated rings. The van der Waals surface area contributed by atoms with E-state index in [1.807, 2.05) is 0 Å². The largest absolute Gasteiger partial charge is 0.496 e. The van der Waals surface area contributed by atoms with E-state index < -0.39 is 0 Å². The maximum absolute atomic E-state index is 5.56. The number of anilines is 2. The Morgan fingerprint density at radius 1 is 1.09 bits per heavy atom. The van der Waals surface area contributed by atoms with Gasteiger partial charge in [-0.2, -0.15) is 5.10 Å². The molecule has 0 aliphatic heterocycles. The molecule has 2 rings (SSSR count). The molecule has 0 aliphatic carbocycles. The number of hydrazone groups is 1. The zero-order valence-corrected chi connectivity index (χ0v) is 14.1. The van der Waals surface area contributed by atoms with Crippen LogP contribution in [0.25, 0.3) is 0 Å². The van der Waals surface area contributed by atoms with Gasteiger partial charge in [-0.25, -0.2) is 4.98 Å². The van der Waals surface area contributed by atoms with Crippen molar-refractivity contribution >= 4 is 28.5 Å². The van der Waals surface area contributed by atoms with Crippen LogP contribution < -0.4 is 30.1 Å². The first-order valence-corrected chi connectivity index (χ1v) is 7.39. The fourth-order valence-corrected chi connectivity index (χ4v) is 2.49. The van der Waals surface area contributed by atoms with Crippen molar-refractivity contribution in [3.05, 3.63) is 17.0 Å². The molecule has 0 bridgehead atoms. The molecular weight excluding hydrogens is 320 g/mol. The minimum atomic E-state index is 0.439. The molecule has 1 aromatic carbocycles. The molecule has 2 aromatic rings. The number of thiazole rings is 1. The van der Waals surface area contributed by atoms with Gasteiger partial charge >= 0.3 is 0 Å². The van der Waals surface area contributed by atoms with E-state index in [0.29, 0.717) is 39.5 Å². The highest BCUT2D eigenvalue weighted by Gasteiger charge is 2.20. The van der Waals surface area contributed by atoms with E-state index in [4.69, 9.17) is 24.7 Å². The first-order chi connectivity index (χ1) is 11.1. The second-order valence-electron chi connectivity index (χ2n) is 4.21. The number of nitrogens with two attached hydrogens (primary N) is 1. The Bertz CT molecular complexity index is 702. The van der Waals surface area contributed by atoms with E-state index in [-0.39, 0.29) is 0 Å². The van der Waals surface area contributed by atoms with Gasteiger partial charge in [0.1, 0.15) is 11.6 Å².